The molecule has 3 saturated heterocycles. The minimum atomic E-state index is -1.19. The van der Waals surface area contributed by atoms with Crippen molar-refractivity contribution in [3.8, 4) is 23.3 Å². The molecule has 0 radical (unpaired) electrons. The van der Waals surface area contributed by atoms with Crippen LogP contribution in [0.5, 0.6) is 11.5 Å². The maximum Gasteiger partial charge on any atom is 0.332 e. The molecule has 1 aromatic carbocycles. The van der Waals surface area contributed by atoms with Crippen molar-refractivity contribution in [1.29, 1.82) is 0 Å². The van der Waals surface area contributed by atoms with Crippen LogP contribution in [0.2, 0.25) is 0 Å². The molecule has 16 atom stereocenters. The van der Waals surface area contributed by atoms with E-state index in [2.05, 4.69) is 52.9 Å². The molecule has 4 heterocycles. The second kappa shape index (κ2) is 25.5. The number of rotatable bonds is 11. The smallest absolute Gasteiger partial charge is 0.332 e. The number of phenols is 1. The SMILES string of the molecule is CC(=O)O[C@H]1C[C@@H](OC(=O)[C@@]23CCCC[C@@H]2CCC(=O)N3)C2(CCNCC2)[C@@H]2c3ccc(O)c4c3[C@H](C[C@@H]2C#CC[C@@H]2C[C@](C)(O)CSSC[C@@H](NC[C@@H]3C=C[C@H](CCCO)[C@H](C)C3)[C@H](O)CC[C@@H]21)[C@H](C1(CO)CCCC1)CO4. The summed E-state index contributed by atoms with van der Waals surface area (Å²) in [5.74, 6) is 8.18. The zero-order chi connectivity index (χ0) is 55.5. The van der Waals surface area contributed by atoms with Crippen LogP contribution in [0.15, 0.2) is 24.3 Å². The highest BCUT2D eigenvalue weighted by atomic mass is 33.1. The van der Waals surface area contributed by atoms with Gasteiger partial charge in [0.15, 0.2) is 11.5 Å². The van der Waals surface area contributed by atoms with Crippen molar-refractivity contribution in [2.45, 2.75) is 203 Å². The Kier molecular flexibility index (Phi) is 19.1. The summed E-state index contributed by atoms with van der Waals surface area (Å²) in [6, 6.07) is 3.55. The number of esters is 2. The molecule has 16 heteroatoms. The van der Waals surface area contributed by atoms with E-state index < -0.39 is 52.7 Å². The van der Waals surface area contributed by atoms with E-state index in [1.54, 1.807) is 27.7 Å². The normalized spacial score (nSPS) is 39.2. The van der Waals surface area contributed by atoms with Crippen LogP contribution in [0.3, 0.4) is 0 Å². The number of carbonyl (C=O) groups excluding carboxylic acids is 3. The number of benzene rings is 1. The number of allylic oxidation sites excluding steroid dienone is 1. The first kappa shape index (κ1) is 59.2. The highest BCUT2D eigenvalue weighted by Gasteiger charge is 2.60. The zero-order valence-corrected chi connectivity index (χ0v) is 49.0. The van der Waals surface area contributed by atoms with E-state index in [0.29, 0.717) is 125 Å². The number of fused-ring (bicyclic) bond motifs is 5. The molecule has 0 aromatic heterocycles. The van der Waals surface area contributed by atoms with Gasteiger partial charge in [0.05, 0.1) is 18.3 Å². The first-order valence-corrected chi connectivity index (χ1v) is 33.2. The molecule has 2 saturated carbocycles. The van der Waals surface area contributed by atoms with Crippen molar-refractivity contribution in [2.24, 2.45) is 58.2 Å². The zero-order valence-electron chi connectivity index (χ0n) is 47.4. The number of hydrogen-bond donors (Lipinski definition) is 8. The Bertz CT molecular complexity index is 2400. The molecular weight excluding hydrogens is 1040 g/mol. The topological polar surface area (TPSA) is 216 Å². The number of piperidine rings is 2. The number of hydrogen-bond acceptors (Lipinski definition) is 15. The minimum Gasteiger partial charge on any atom is -0.504 e. The summed E-state index contributed by atoms with van der Waals surface area (Å²) in [4.78, 5) is 43.2. The van der Waals surface area contributed by atoms with Gasteiger partial charge in [-0.15, -0.1) is 5.92 Å². The molecule has 10 rings (SSSR count). The predicted molar refractivity (Wildman–Crippen MR) is 308 cm³/mol. The number of aliphatic hydroxyl groups excluding tert-OH is 3. The lowest BCUT2D eigenvalue weighted by atomic mass is 9.51. The first-order chi connectivity index (χ1) is 38.1. The minimum absolute atomic E-state index is 0.0134. The Balaban J connectivity index is 1.08. The van der Waals surface area contributed by atoms with Gasteiger partial charge in [0.2, 0.25) is 5.91 Å². The summed E-state index contributed by atoms with van der Waals surface area (Å²) < 4.78 is 20.8. The van der Waals surface area contributed by atoms with Gasteiger partial charge >= 0.3 is 11.9 Å². The van der Waals surface area contributed by atoms with Crippen LogP contribution in [0.1, 0.15) is 179 Å². The standard InChI is InChI=1S/C63H93N3O11S2/c1-39-30-41(14-15-42(39)12-9-29-67)34-65-50-36-78-79-38-60(3,74)33-44-11-8-10-43-31-48-49(61(37-68)22-6-7-23-61)35-75-58-52(71)20-18-47(56(48)58)57(43)62(25-27-64-28-26-62)54(32-53(76-40(2)69)46(44)17-19-51(50)70)77-59(73)63-24-5-4-13-45(63)16-21-55(72)66-63/h14-15,18,20,39,41-46,48-51,53-54,57,64-65,67-68,70-71,74H,4-7,9,11-13,16-17,19,21-38H2,1-3H3,(H,66,72)/t39-,41-,42+,43+,44-,45-,46+,48-,49-,50-,51-,53+,54-,57+,60+,63-/m1/s1. The van der Waals surface area contributed by atoms with Crippen LogP contribution in [-0.4, -0.2) is 130 Å². The van der Waals surface area contributed by atoms with Gasteiger partial charge in [-0.1, -0.05) is 78.3 Å². The van der Waals surface area contributed by atoms with Crippen LogP contribution in [0.4, 0.5) is 0 Å². The maximum absolute atomic E-state index is 15.8. The number of phenolic OH excluding ortho intramolecular Hbond substituents is 1. The lowest BCUT2D eigenvalue weighted by molar-refractivity contribution is -0.183. The molecule has 0 bridgehead atoms. The van der Waals surface area contributed by atoms with Crippen LogP contribution >= 0.6 is 21.6 Å². The van der Waals surface area contributed by atoms with Gasteiger partial charge in [0, 0.05) is 104 Å². The molecule has 5 fully saturated rings. The maximum atomic E-state index is 15.8. The fourth-order valence-corrected chi connectivity index (χ4v) is 20.2. The molecule has 1 amide bonds. The third-order valence-corrected chi connectivity index (χ3v) is 24.2. The summed E-state index contributed by atoms with van der Waals surface area (Å²) >= 11 is 0. The van der Waals surface area contributed by atoms with E-state index in [-0.39, 0.29) is 78.3 Å². The summed E-state index contributed by atoms with van der Waals surface area (Å²) in [7, 11) is 3.29. The fourth-order valence-electron chi connectivity index (χ4n) is 17.4. The van der Waals surface area contributed by atoms with Crippen LogP contribution in [-0.2, 0) is 23.9 Å². The van der Waals surface area contributed by atoms with Crippen LogP contribution in [0, 0.1) is 70.0 Å². The van der Waals surface area contributed by atoms with Crippen LogP contribution < -0.4 is 20.7 Å². The lowest BCUT2D eigenvalue weighted by Crippen LogP contribution is -2.65. The van der Waals surface area contributed by atoms with Crippen molar-refractivity contribution < 1.29 is 54.1 Å². The van der Waals surface area contributed by atoms with E-state index in [4.69, 9.17) is 14.2 Å². The van der Waals surface area contributed by atoms with Gasteiger partial charge < -0.3 is 55.7 Å². The van der Waals surface area contributed by atoms with Crippen LogP contribution in [0.25, 0.3) is 0 Å². The summed E-state index contributed by atoms with van der Waals surface area (Å²) in [6.45, 7) is 8.25. The van der Waals surface area contributed by atoms with Crippen molar-refractivity contribution in [3.63, 3.8) is 0 Å². The largest absolute Gasteiger partial charge is 0.504 e. The third-order valence-electron chi connectivity index (χ3n) is 21.5. The number of ether oxygens (including phenoxy) is 3. The second-order valence-electron chi connectivity index (χ2n) is 26.5. The summed E-state index contributed by atoms with van der Waals surface area (Å²) in [5.41, 5.74) is -1.44. The molecule has 438 valence electrons. The molecule has 14 nitrogen and oxygen atoms in total. The van der Waals surface area contributed by atoms with Gasteiger partial charge in [-0.3, -0.25) is 9.59 Å². The van der Waals surface area contributed by atoms with Crippen molar-refractivity contribution >= 4 is 39.4 Å². The molecule has 1 aromatic rings. The van der Waals surface area contributed by atoms with Crippen molar-refractivity contribution in [1.82, 2.24) is 16.0 Å². The Morgan fingerprint density at radius 2 is 1.76 bits per heavy atom. The molecule has 1 spiro atoms. The van der Waals surface area contributed by atoms with Gasteiger partial charge in [-0.25, -0.2) is 4.79 Å². The number of aliphatic hydroxyl groups is 4. The lowest BCUT2D eigenvalue weighted by Gasteiger charge is -2.56. The molecular formula is C63H93N3O11S2. The molecule has 5 aliphatic carbocycles. The first-order valence-electron chi connectivity index (χ1n) is 30.7. The van der Waals surface area contributed by atoms with Gasteiger partial charge in [0.1, 0.15) is 17.7 Å². The van der Waals surface area contributed by atoms with Gasteiger partial charge in [-0.2, -0.15) is 0 Å². The highest BCUT2D eigenvalue weighted by molar-refractivity contribution is 8.76. The van der Waals surface area contributed by atoms with Gasteiger partial charge in [0.25, 0.3) is 0 Å². The van der Waals surface area contributed by atoms with Crippen molar-refractivity contribution in [2.75, 3.05) is 51.0 Å². The van der Waals surface area contributed by atoms with E-state index in [0.717, 1.165) is 75.3 Å². The van der Waals surface area contributed by atoms with Crippen molar-refractivity contribution in [3.05, 3.63) is 35.4 Å². The Labute approximate surface area is 478 Å². The summed E-state index contributed by atoms with van der Waals surface area (Å²) in [5, 5.41) is 68.1. The molecule has 0 unspecified atom stereocenters. The fraction of sp³-hybridized carbons (Fsp3) is 0.794. The monoisotopic (exact) mass is 1130 g/mol. The average Bonchev–Trinajstić information content (AvgIpc) is 3.63. The molecule has 79 heavy (non-hydrogen) atoms. The molecule has 9 aliphatic rings. The predicted octanol–water partition coefficient (Wildman–Crippen LogP) is 8.46. The average molecular weight is 1130 g/mol. The Morgan fingerprint density at radius 1 is 0.962 bits per heavy atom. The van der Waals surface area contributed by atoms with Gasteiger partial charge in [-0.05, 0) is 157 Å². The Hall–Kier alpha value is -3.01. The number of nitrogens with one attached hydrogen (secondary N) is 3. The van der Waals surface area contributed by atoms with E-state index in [9.17, 15) is 35.1 Å². The second-order valence-corrected chi connectivity index (χ2v) is 29.0. The van der Waals surface area contributed by atoms with E-state index >= 15 is 4.79 Å². The summed E-state index contributed by atoms with van der Waals surface area (Å²) in [6.07, 6.45) is 16.6. The molecule has 4 aliphatic heterocycles. The highest BCUT2D eigenvalue weighted by Crippen LogP contribution is 2.65. The van der Waals surface area contributed by atoms with E-state index in [1.165, 1.54) is 6.92 Å². The number of aromatic hydroxyl groups is 1. The Morgan fingerprint density at radius 3 is 2.52 bits per heavy atom. The number of carbonyl (C=O) groups is 3. The number of amides is 1. The molecule has 8 N–H and O–H groups in total. The van der Waals surface area contributed by atoms with E-state index in [1.807, 2.05) is 6.92 Å². The third kappa shape index (κ3) is 12.5. The quantitative estimate of drug-likeness (QED) is 0.0452.